The monoisotopic (exact) mass is 519 g/mol. The minimum absolute atomic E-state index is 0.000146. The lowest BCUT2D eigenvalue weighted by Crippen LogP contribution is -2.45. The van der Waals surface area contributed by atoms with Crippen LogP contribution in [0, 0.1) is 11.8 Å². The van der Waals surface area contributed by atoms with Gasteiger partial charge in [-0.25, -0.2) is 4.79 Å². The quantitative estimate of drug-likeness (QED) is 0.215. The molecule has 0 radical (unpaired) electrons. The van der Waals surface area contributed by atoms with Gasteiger partial charge < -0.3 is 19.1 Å². The Kier molecular flexibility index (Phi) is 11.5. The number of nitrogens with zero attached hydrogens (tertiary/aromatic N) is 1. The van der Waals surface area contributed by atoms with Gasteiger partial charge in [0.1, 0.15) is 11.7 Å². The molecule has 0 bridgehead atoms. The lowest BCUT2D eigenvalue weighted by molar-refractivity contribution is -0.124. The van der Waals surface area contributed by atoms with Crippen LogP contribution in [0.15, 0.2) is 12.1 Å². The summed E-state index contributed by atoms with van der Waals surface area (Å²) in [6, 6.07) is 2.07. The van der Waals surface area contributed by atoms with Gasteiger partial charge in [-0.2, -0.15) is 0 Å². The van der Waals surface area contributed by atoms with Crippen LogP contribution in [-0.4, -0.2) is 45.0 Å². The number of anilines is 1. The summed E-state index contributed by atoms with van der Waals surface area (Å²) in [5.41, 5.74) is 2.02. The number of carbonyl (C=O) groups is 2. The molecule has 1 fully saturated rings. The number of rotatable bonds is 12. The molecule has 2 aliphatic carbocycles. The van der Waals surface area contributed by atoms with Crippen molar-refractivity contribution < 1.29 is 23.8 Å². The maximum Gasteiger partial charge on any atom is 0.350 e. The number of thiophene rings is 1. The van der Waals surface area contributed by atoms with Crippen LogP contribution < -0.4 is 4.90 Å². The Morgan fingerprint density at radius 3 is 2.50 bits per heavy atom. The average Bonchev–Trinajstić information content (AvgIpc) is 3.34. The molecule has 7 heteroatoms. The van der Waals surface area contributed by atoms with Gasteiger partial charge in [-0.1, -0.05) is 19.9 Å². The maximum absolute atomic E-state index is 14.2. The molecule has 0 saturated heterocycles. The zero-order chi connectivity index (χ0) is 26.1. The molecular formula is C29H45NO5S. The average molecular weight is 520 g/mol. The van der Waals surface area contributed by atoms with Crippen LogP contribution in [0.2, 0.25) is 0 Å². The highest BCUT2D eigenvalue weighted by atomic mass is 32.1. The molecule has 1 saturated carbocycles. The predicted molar refractivity (Wildman–Crippen MR) is 146 cm³/mol. The van der Waals surface area contributed by atoms with Crippen molar-refractivity contribution in [1.82, 2.24) is 0 Å². The Hall–Kier alpha value is -1.70. The largest absolute Gasteiger partial charge is 0.465 e. The smallest absolute Gasteiger partial charge is 0.350 e. The third kappa shape index (κ3) is 7.42. The van der Waals surface area contributed by atoms with Crippen LogP contribution in [0.5, 0.6) is 0 Å². The number of methoxy groups -OCH3 is 2. The second kappa shape index (κ2) is 14.3. The zero-order valence-corrected chi connectivity index (χ0v) is 23.7. The van der Waals surface area contributed by atoms with Crippen LogP contribution in [-0.2, 0) is 19.0 Å². The molecular weight excluding hydrogens is 474 g/mol. The van der Waals surface area contributed by atoms with E-state index in [1.807, 2.05) is 11.8 Å². The topological polar surface area (TPSA) is 65.1 Å². The molecule has 0 aliphatic heterocycles. The highest BCUT2D eigenvalue weighted by Crippen LogP contribution is 2.41. The summed E-state index contributed by atoms with van der Waals surface area (Å²) in [5.74, 6) is 0.464. The summed E-state index contributed by atoms with van der Waals surface area (Å²) in [6.45, 7) is 6.70. The van der Waals surface area contributed by atoms with Gasteiger partial charge in [0, 0.05) is 23.9 Å². The summed E-state index contributed by atoms with van der Waals surface area (Å²) < 4.78 is 16.0. The number of amides is 1. The minimum atomic E-state index is -0.362. The van der Waals surface area contributed by atoms with Gasteiger partial charge in [-0.3, -0.25) is 4.79 Å². The molecule has 202 valence electrons. The van der Waals surface area contributed by atoms with E-state index in [4.69, 9.17) is 14.2 Å². The fourth-order valence-electron chi connectivity index (χ4n) is 5.43. The Balaban J connectivity index is 1.98. The normalized spacial score (nSPS) is 22.0. The first kappa shape index (κ1) is 28.9. The SMILES string of the molecule is CCC(CCC(C)OCOC)N(C(=O)C1CCC(C)CC1)c1cc(C2=CCCCC2)sc1C(=O)OC. The summed E-state index contributed by atoms with van der Waals surface area (Å²) in [7, 11) is 3.05. The molecule has 2 atom stereocenters. The first-order valence-corrected chi connectivity index (χ1v) is 14.6. The predicted octanol–water partition coefficient (Wildman–Crippen LogP) is 7.22. The molecule has 1 aromatic rings. The highest BCUT2D eigenvalue weighted by molar-refractivity contribution is 7.15. The van der Waals surface area contributed by atoms with Gasteiger partial charge in [0.05, 0.1) is 18.9 Å². The lowest BCUT2D eigenvalue weighted by atomic mass is 9.82. The van der Waals surface area contributed by atoms with Crippen molar-refractivity contribution in [1.29, 1.82) is 0 Å². The molecule has 2 unspecified atom stereocenters. The molecule has 6 nitrogen and oxygen atoms in total. The Morgan fingerprint density at radius 2 is 1.89 bits per heavy atom. The Labute approximate surface area is 221 Å². The number of carbonyl (C=O) groups excluding carboxylic acids is 2. The van der Waals surface area contributed by atoms with E-state index < -0.39 is 0 Å². The molecule has 0 N–H and O–H groups in total. The van der Waals surface area contributed by atoms with Gasteiger partial charge in [-0.05, 0) is 95.1 Å². The molecule has 1 heterocycles. The van der Waals surface area contributed by atoms with Crippen molar-refractivity contribution in [2.75, 3.05) is 25.9 Å². The third-order valence-electron chi connectivity index (χ3n) is 7.77. The molecule has 0 spiro atoms. The van der Waals surface area contributed by atoms with Gasteiger partial charge >= 0.3 is 5.97 Å². The van der Waals surface area contributed by atoms with Crippen LogP contribution in [0.1, 0.15) is 106 Å². The molecule has 1 amide bonds. The molecule has 2 aliphatic rings. The van der Waals surface area contributed by atoms with Crippen molar-refractivity contribution >= 4 is 34.5 Å². The maximum atomic E-state index is 14.2. The van der Waals surface area contributed by atoms with Crippen LogP contribution in [0.25, 0.3) is 5.57 Å². The van der Waals surface area contributed by atoms with E-state index in [0.29, 0.717) is 10.8 Å². The fourth-order valence-corrected chi connectivity index (χ4v) is 6.56. The van der Waals surface area contributed by atoms with Crippen LogP contribution in [0.3, 0.4) is 0 Å². The van der Waals surface area contributed by atoms with E-state index in [-0.39, 0.29) is 36.7 Å². The van der Waals surface area contributed by atoms with Crippen molar-refractivity contribution in [3.63, 3.8) is 0 Å². The molecule has 1 aromatic heterocycles. The first-order valence-electron chi connectivity index (χ1n) is 13.7. The van der Waals surface area contributed by atoms with Crippen molar-refractivity contribution in [3.05, 3.63) is 21.9 Å². The van der Waals surface area contributed by atoms with Gasteiger partial charge in [0.15, 0.2) is 0 Å². The van der Waals surface area contributed by atoms with Crippen molar-refractivity contribution in [2.45, 2.75) is 104 Å². The van der Waals surface area contributed by atoms with Crippen LogP contribution >= 0.6 is 11.3 Å². The third-order valence-corrected chi connectivity index (χ3v) is 8.95. The van der Waals surface area contributed by atoms with E-state index in [2.05, 4.69) is 26.0 Å². The first-order chi connectivity index (χ1) is 17.4. The second-order valence-electron chi connectivity index (χ2n) is 10.5. The van der Waals surface area contributed by atoms with Crippen molar-refractivity contribution in [3.8, 4) is 0 Å². The van der Waals surface area contributed by atoms with E-state index in [0.717, 1.165) is 74.8 Å². The number of esters is 1. The minimum Gasteiger partial charge on any atom is -0.465 e. The van der Waals surface area contributed by atoms with Crippen molar-refractivity contribution in [2.24, 2.45) is 11.8 Å². The van der Waals surface area contributed by atoms with E-state index in [9.17, 15) is 9.59 Å². The van der Waals surface area contributed by atoms with Gasteiger partial charge in [0.25, 0.3) is 0 Å². The summed E-state index contributed by atoms with van der Waals surface area (Å²) in [4.78, 5) is 30.8. The number of hydrogen-bond donors (Lipinski definition) is 0. The Morgan fingerprint density at radius 1 is 1.14 bits per heavy atom. The molecule has 36 heavy (non-hydrogen) atoms. The number of hydrogen-bond acceptors (Lipinski definition) is 6. The number of allylic oxidation sites excluding steroid dienone is 2. The van der Waals surface area contributed by atoms with E-state index >= 15 is 0 Å². The van der Waals surface area contributed by atoms with Gasteiger partial charge in [-0.15, -0.1) is 11.3 Å². The molecule has 3 rings (SSSR count). The number of ether oxygens (including phenoxy) is 3. The summed E-state index contributed by atoms with van der Waals surface area (Å²) in [5, 5.41) is 0. The lowest BCUT2D eigenvalue weighted by Gasteiger charge is -2.36. The van der Waals surface area contributed by atoms with Gasteiger partial charge in [0.2, 0.25) is 5.91 Å². The standard InChI is InChI=1S/C29H45NO5S/c1-6-24(17-14-21(3)35-19-33-4)30(28(31)23-15-12-20(2)13-16-23)25-18-26(22-10-8-7-9-11-22)36-27(25)29(32)34-5/h10,18,20-21,23-24H,6-9,11-17,19H2,1-5H3. The van der Waals surface area contributed by atoms with E-state index in [1.54, 1.807) is 7.11 Å². The fraction of sp³-hybridized carbons (Fsp3) is 0.724. The Bertz CT molecular complexity index is 886. The summed E-state index contributed by atoms with van der Waals surface area (Å²) in [6.07, 6.45) is 13.2. The molecule has 0 aromatic carbocycles. The van der Waals surface area contributed by atoms with Crippen LogP contribution in [0.4, 0.5) is 5.69 Å². The highest BCUT2D eigenvalue weighted by Gasteiger charge is 2.36. The van der Waals surface area contributed by atoms with E-state index in [1.165, 1.54) is 30.4 Å². The zero-order valence-electron chi connectivity index (χ0n) is 22.8. The second-order valence-corrected chi connectivity index (χ2v) is 11.5. The summed E-state index contributed by atoms with van der Waals surface area (Å²) >= 11 is 1.48.